The van der Waals surface area contributed by atoms with Crippen LogP contribution in [-0.4, -0.2) is 30.6 Å². The molecule has 0 spiro atoms. The number of rotatable bonds is 7. The fraction of sp³-hybridized carbons (Fsp3) is 0.450. The van der Waals surface area contributed by atoms with E-state index in [1.807, 2.05) is 29.2 Å². The topological polar surface area (TPSA) is 38.8 Å². The van der Waals surface area contributed by atoms with E-state index >= 15 is 0 Å². The first-order chi connectivity index (χ1) is 12.2. The van der Waals surface area contributed by atoms with Crippen molar-refractivity contribution in [3.8, 4) is 11.5 Å². The largest absolute Gasteiger partial charge is 0.490 e. The van der Waals surface area contributed by atoms with Crippen LogP contribution in [0.2, 0.25) is 0 Å². The molecule has 1 aromatic carbocycles. The molecule has 25 heavy (non-hydrogen) atoms. The molecule has 134 valence electrons. The third-order valence-electron chi connectivity index (χ3n) is 4.46. The van der Waals surface area contributed by atoms with E-state index in [0.29, 0.717) is 18.1 Å². The molecule has 0 saturated heterocycles. The molecule has 1 aliphatic heterocycles. The average molecular weight is 359 g/mol. The lowest BCUT2D eigenvalue weighted by molar-refractivity contribution is -0.136. The van der Waals surface area contributed by atoms with Gasteiger partial charge in [0.15, 0.2) is 18.1 Å². The lowest BCUT2D eigenvalue weighted by Gasteiger charge is -2.35. The Balaban J connectivity index is 1.65. The highest BCUT2D eigenvalue weighted by atomic mass is 32.1. The lowest BCUT2D eigenvalue weighted by atomic mass is 9.98. The molecule has 0 N–H and O–H groups in total. The Bertz CT molecular complexity index is 712. The third kappa shape index (κ3) is 3.98. The Morgan fingerprint density at radius 2 is 1.96 bits per heavy atom. The van der Waals surface area contributed by atoms with Gasteiger partial charge in [-0.1, -0.05) is 26.0 Å². The molecule has 4 nitrogen and oxygen atoms in total. The van der Waals surface area contributed by atoms with Crippen molar-refractivity contribution in [1.29, 1.82) is 0 Å². The number of carbonyl (C=O) groups excluding carboxylic acids is 1. The Kier molecular flexibility index (Phi) is 5.97. The smallest absolute Gasteiger partial charge is 0.261 e. The molecule has 0 fully saturated rings. The van der Waals surface area contributed by atoms with E-state index in [1.54, 1.807) is 11.3 Å². The molecule has 2 aromatic rings. The minimum atomic E-state index is 0.0361. The summed E-state index contributed by atoms with van der Waals surface area (Å²) in [5.74, 6) is 1.36. The Morgan fingerprint density at radius 3 is 2.68 bits per heavy atom. The first-order valence-corrected chi connectivity index (χ1v) is 9.82. The van der Waals surface area contributed by atoms with Crippen LogP contribution in [-0.2, 0) is 11.2 Å². The Hall–Kier alpha value is -2.01. The van der Waals surface area contributed by atoms with Gasteiger partial charge in [0.25, 0.3) is 5.91 Å². The number of amides is 1. The summed E-state index contributed by atoms with van der Waals surface area (Å²) in [5, 5.41) is 2.12. The minimum absolute atomic E-state index is 0.0361. The number of thiophene rings is 1. The van der Waals surface area contributed by atoms with Crippen molar-refractivity contribution < 1.29 is 14.3 Å². The monoisotopic (exact) mass is 359 g/mol. The van der Waals surface area contributed by atoms with Crippen LogP contribution in [0.4, 0.5) is 0 Å². The fourth-order valence-corrected chi connectivity index (χ4v) is 4.19. The van der Waals surface area contributed by atoms with Crippen LogP contribution in [0.5, 0.6) is 11.5 Å². The third-order valence-corrected chi connectivity index (χ3v) is 5.46. The second-order valence-electron chi connectivity index (χ2n) is 6.14. The van der Waals surface area contributed by atoms with Crippen LogP contribution in [0.15, 0.2) is 35.7 Å². The maximum absolute atomic E-state index is 12.8. The number of carbonyl (C=O) groups is 1. The zero-order chi connectivity index (χ0) is 17.6. The summed E-state index contributed by atoms with van der Waals surface area (Å²) in [4.78, 5) is 16.1. The summed E-state index contributed by atoms with van der Waals surface area (Å²) in [6.45, 7) is 5.64. The summed E-state index contributed by atoms with van der Waals surface area (Å²) in [5.41, 5.74) is 1.30. The molecule has 0 aliphatic carbocycles. The highest BCUT2D eigenvalue weighted by molar-refractivity contribution is 7.10. The molecule has 3 rings (SSSR count). The average Bonchev–Trinajstić information content (AvgIpc) is 3.13. The van der Waals surface area contributed by atoms with E-state index < -0.39 is 0 Å². The van der Waals surface area contributed by atoms with Gasteiger partial charge in [0.05, 0.1) is 12.6 Å². The van der Waals surface area contributed by atoms with Crippen LogP contribution < -0.4 is 9.47 Å². The highest BCUT2D eigenvalue weighted by Gasteiger charge is 2.30. The van der Waals surface area contributed by atoms with Gasteiger partial charge in [-0.15, -0.1) is 11.3 Å². The summed E-state index contributed by atoms with van der Waals surface area (Å²) in [6.07, 6.45) is 2.79. The summed E-state index contributed by atoms with van der Waals surface area (Å²) < 4.78 is 11.5. The molecule has 1 amide bonds. The van der Waals surface area contributed by atoms with Gasteiger partial charge in [-0.3, -0.25) is 4.79 Å². The molecular weight excluding hydrogens is 334 g/mol. The van der Waals surface area contributed by atoms with Gasteiger partial charge in [0, 0.05) is 11.4 Å². The van der Waals surface area contributed by atoms with E-state index in [9.17, 15) is 4.79 Å². The second-order valence-corrected chi connectivity index (χ2v) is 7.14. The van der Waals surface area contributed by atoms with Crippen molar-refractivity contribution in [2.45, 2.75) is 39.2 Å². The van der Waals surface area contributed by atoms with Crippen molar-refractivity contribution >= 4 is 17.2 Å². The van der Waals surface area contributed by atoms with Crippen molar-refractivity contribution in [2.24, 2.45) is 0 Å². The Labute approximate surface area is 153 Å². The maximum atomic E-state index is 12.8. The number of hydrogen-bond donors (Lipinski definition) is 0. The van der Waals surface area contributed by atoms with Crippen molar-refractivity contribution in [3.05, 3.63) is 46.2 Å². The van der Waals surface area contributed by atoms with E-state index in [4.69, 9.17) is 9.47 Å². The first-order valence-electron chi connectivity index (χ1n) is 8.95. The van der Waals surface area contributed by atoms with E-state index in [1.165, 1.54) is 10.4 Å². The zero-order valence-electron chi connectivity index (χ0n) is 14.9. The van der Waals surface area contributed by atoms with Crippen LogP contribution in [0.3, 0.4) is 0 Å². The first kappa shape index (κ1) is 17.8. The SMILES string of the molecule is CCCOc1ccccc1OCC(=O)N1CCc2sccc2C1CC. The van der Waals surface area contributed by atoms with Gasteiger partial charge in [-0.2, -0.15) is 0 Å². The highest BCUT2D eigenvalue weighted by Crippen LogP contribution is 2.35. The summed E-state index contributed by atoms with van der Waals surface area (Å²) in [7, 11) is 0. The van der Waals surface area contributed by atoms with Crippen LogP contribution >= 0.6 is 11.3 Å². The summed E-state index contributed by atoms with van der Waals surface area (Å²) in [6, 6.07) is 9.85. The molecule has 1 aliphatic rings. The lowest BCUT2D eigenvalue weighted by Crippen LogP contribution is -2.41. The van der Waals surface area contributed by atoms with E-state index in [2.05, 4.69) is 25.3 Å². The standard InChI is InChI=1S/C20H25NO3S/c1-3-12-23-17-7-5-6-8-18(17)24-14-20(22)21-11-9-19-15(10-13-25-19)16(21)4-2/h5-8,10,13,16H,3-4,9,11-12,14H2,1-2H3. The van der Waals surface area contributed by atoms with Gasteiger partial charge >= 0.3 is 0 Å². The number of hydrogen-bond acceptors (Lipinski definition) is 4. The molecule has 2 heterocycles. The second kappa shape index (κ2) is 8.39. The predicted molar refractivity (Wildman–Crippen MR) is 100 cm³/mol. The molecule has 1 unspecified atom stereocenters. The van der Waals surface area contributed by atoms with Gasteiger partial charge in [-0.25, -0.2) is 0 Å². The fourth-order valence-electron chi connectivity index (χ4n) is 3.26. The van der Waals surface area contributed by atoms with Crippen molar-refractivity contribution in [2.75, 3.05) is 19.8 Å². The van der Waals surface area contributed by atoms with Gasteiger partial charge < -0.3 is 14.4 Å². The molecule has 1 aromatic heterocycles. The maximum Gasteiger partial charge on any atom is 0.261 e. The van der Waals surface area contributed by atoms with Crippen LogP contribution in [0.25, 0.3) is 0 Å². The molecule has 0 radical (unpaired) electrons. The minimum Gasteiger partial charge on any atom is -0.490 e. The molecule has 1 atom stereocenters. The normalized spacial score (nSPS) is 16.4. The number of benzene rings is 1. The van der Waals surface area contributed by atoms with E-state index in [-0.39, 0.29) is 18.6 Å². The van der Waals surface area contributed by atoms with Crippen LogP contribution in [0.1, 0.15) is 43.2 Å². The number of ether oxygens (including phenoxy) is 2. The number of nitrogens with zero attached hydrogens (tertiary/aromatic N) is 1. The number of para-hydroxylation sites is 2. The summed E-state index contributed by atoms with van der Waals surface area (Å²) >= 11 is 1.79. The van der Waals surface area contributed by atoms with Crippen molar-refractivity contribution in [3.63, 3.8) is 0 Å². The predicted octanol–water partition coefficient (Wildman–Crippen LogP) is 4.45. The zero-order valence-corrected chi connectivity index (χ0v) is 15.7. The van der Waals surface area contributed by atoms with Gasteiger partial charge in [0.2, 0.25) is 0 Å². The molecule has 5 heteroatoms. The van der Waals surface area contributed by atoms with E-state index in [0.717, 1.165) is 25.8 Å². The quantitative estimate of drug-likeness (QED) is 0.733. The van der Waals surface area contributed by atoms with Crippen LogP contribution in [0, 0.1) is 0 Å². The molecule has 0 saturated carbocycles. The van der Waals surface area contributed by atoms with Gasteiger partial charge in [0.1, 0.15) is 0 Å². The van der Waals surface area contributed by atoms with Crippen molar-refractivity contribution in [1.82, 2.24) is 4.90 Å². The molecular formula is C20H25NO3S. The van der Waals surface area contributed by atoms with Gasteiger partial charge in [-0.05, 0) is 48.4 Å². The molecule has 0 bridgehead atoms. The number of fused-ring (bicyclic) bond motifs is 1. The Morgan fingerprint density at radius 1 is 1.20 bits per heavy atom.